The Labute approximate surface area is 166 Å². The van der Waals surface area contributed by atoms with Crippen LogP contribution in [0.15, 0.2) is 60.0 Å². The van der Waals surface area contributed by atoms with Crippen molar-refractivity contribution in [2.24, 2.45) is 0 Å². The third-order valence-corrected chi connectivity index (χ3v) is 5.85. The Hall–Kier alpha value is -1.73. The highest BCUT2D eigenvalue weighted by Crippen LogP contribution is 2.30. The number of ether oxygens (including phenoxy) is 1. The molecule has 0 amide bonds. The van der Waals surface area contributed by atoms with Crippen molar-refractivity contribution in [3.05, 3.63) is 65.2 Å². The van der Waals surface area contributed by atoms with Crippen molar-refractivity contribution in [3.8, 4) is 5.75 Å². The molecule has 0 radical (unpaired) electrons. The maximum atomic E-state index is 13.0. The van der Waals surface area contributed by atoms with Gasteiger partial charge in [0.15, 0.2) is 0 Å². The monoisotopic (exact) mass is 433 g/mol. The number of hydrogen-bond donors (Lipinski definition) is 0. The van der Waals surface area contributed by atoms with Gasteiger partial charge >= 0.3 is 0 Å². The summed E-state index contributed by atoms with van der Waals surface area (Å²) in [6.45, 7) is 3.24. The third kappa shape index (κ3) is 4.92. The summed E-state index contributed by atoms with van der Waals surface area (Å²) in [7, 11) is -4.12. The number of halogens is 3. The smallest absolute Gasteiger partial charge is 0.264 e. The Bertz CT molecular complexity index is 931. The molecule has 0 saturated heterocycles. The van der Waals surface area contributed by atoms with Crippen LogP contribution in [0.4, 0.5) is 5.69 Å². The number of sulfonamides is 1. The van der Waals surface area contributed by atoms with Crippen molar-refractivity contribution in [3.63, 3.8) is 0 Å². The molecule has 5 nitrogen and oxygen atoms in total. The molecule has 0 aliphatic rings. The predicted molar refractivity (Wildman–Crippen MR) is 104 cm³/mol. The molecule has 0 aliphatic heterocycles. The molecule has 0 saturated carbocycles. The summed E-state index contributed by atoms with van der Waals surface area (Å²) >= 11 is 17.2. The van der Waals surface area contributed by atoms with Crippen LogP contribution >= 0.6 is 34.8 Å². The minimum Gasteiger partial charge on any atom is -0.489 e. The van der Waals surface area contributed by atoms with Crippen LogP contribution in [0.3, 0.4) is 0 Å². The van der Waals surface area contributed by atoms with E-state index in [1.165, 1.54) is 30.3 Å². The first kappa shape index (κ1) is 20.6. The summed E-state index contributed by atoms with van der Waals surface area (Å²) in [5.41, 5.74) is 0.214. The maximum absolute atomic E-state index is 13.0. The van der Waals surface area contributed by atoms with Crippen LogP contribution in [0.1, 0.15) is 0 Å². The zero-order valence-electron chi connectivity index (χ0n) is 13.4. The van der Waals surface area contributed by atoms with Crippen LogP contribution < -0.4 is 9.04 Å². The lowest BCUT2D eigenvalue weighted by atomic mass is 10.3. The van der Waals surface area contributed by atoms with Gasteiger partial charge in [0.2, 0.25) is 5.24 Å². The van der Waals surface area contributed by atoms with Crippen LogP contribution in [0.2, 0.25) is 10.0 Å². The Morgan fingerprint density at radius 3 is 2.50 bits per heavy atom. The second-order valence-corrected chi connectivity index (χ2v) is 8.14. The van der Waals surface area contributed by atoms with Crippen LogP contribution in [0.5, 0.6) is 5.75 Å². The van der Waals surface area contributed by atoms with Crippen LogP contribution in [-0.2, 0) is 14.8 Å². The first-order valence-corrected chi connectivity index (χ1v) is 9.83. The standard InChI is InChI=1S/C17H14Cl3NO4S/c1-2-8-25-13-5-3-4-12(9-13)21(11-17(20)22)26(23,24)14-6-7-15(18)16(19)10-14/h2-7,9-10H,1,8,11H2. The molecule has 0 atom stereocenters. The first-order valence-electron chi connectivity index (χ1n) is 7.25. The van der Waals surface area contributed by atoms with E-state index >= 15 is 0 Å². The number of rotatable bonds is 8. The average Bonchev–Trinajstić information content (AvgIpc) is 2.60. The van der Waals surface area contributed by atoms with E-state index in [-0.39, 0.29) is 27.2 Å². The summed E-state index contributed by atoms with van der Waals surface area (Å²) in [5.74, 6) is 0.416. The summed E-state index contributed by atoms with van der Waals surface area (Å²) in [4.78, 5) is 11.3. The van der Waals surface area contributed by atoms with Crippen molar-refractivity contribution in [2.75, 3.05) is 17.5 Å². The molecule has 2 aromatic carbocycles. The summed E-state index contributed by atoms with van der Waals surface area (Å²) in [6, 6.07) is 10.1. The van der Waals surface area contributed by atoms with E-state index in [9.17, 15) is 13.2 Å². The number of nitrogens with zero attached hydrogens (tertiary/aromatic N) is 1. The van der Waals surface area contributed by atoms with Gasteiger partial charge in [-0.3, -0.25) is 9.10 Å². The van der Waals surface area contributed by atoms with Gasteiger partial charge in [0.05, 0.1) is 20.6 Å². The summed E-state index contributed by atoms with van der Waals surface area (Å²) in [6.07, 6.45) is 1.55. The fourth-order valence-corrected chi connectivity index (χ4v) is 4.07. The number of carbonyl (C=O) groups is 1. The van der Waals surface area contributed by atoms with Crippen molar-refractivity contribution in [2.45, 2.75) is 4.90 Å². The molecule has 0 N–H and O–H groups in total. The van der Waals surface area contributed by atoms with E-state index in [4.69, 9.17) is 39.5 Å². The fraction of sp³-hybridized carbons (Fsp3) is 0.118. The predicted octanol–water partition coefficient (Wildman–Crippen LogP) is 4.52. The largest absolute Gasteiger partial charge is 0.489 e. The molecule has 0 spiro atoms. The molecule has 0 aromatic heterocycles. The van der Waals surface area contributed by atoms with Crippen LogP contribution in [0.25, 0.3) is 0 Å². The Morgan fingerprint density at radius 2 is 1.88 bits per heavy atom. The topological polar surface area (TPSA) is 63.7 Å². The number of anilines is 1. The van der Waals surface area contributed by atoms with Crippen LogP contribution in [0, 0.1) is 0 Å². The highest BCUT2D eigenvalue weighted by molar-refractivity contribution is 7.92. The molecular formula is C17H14Cl3NO4S. The van der Waals surface area contributed by atoms with Gasteiger partial charge < -0.3 is 4.74 Å². The van der Waals surface area contributed by atoms with E-state index in [0.29, 0.717) is 5.75 Å². The average molecular weight is 435 g/mol. The van der Waals surface area contributed by atoms with Gasteiger partial charge in [0.25, 0.3) is 10.0 Å². The summed E-state index contributed by atoms with van der Waals surface area (Å²) < 4.78 is 32.3. The van der Waals surface area contributed by atoms with Gasteiger partial charge in [0, 0.05) is 6.07 Å². The van der Waals surface area contributed by atoms with Gasteiger partial charge in [-0.05, 0) is 41.9 Å². The second-order valence-electron chi connectivity index (χ2n) is 5.04. The number of benzene rings is 2. The van der Waals surface area contributed by atoms with Gasteiger partial charge in [-0.25, -0.2) is 8.42 Å². The molecular weight excluding hydrogens is 421 g/mol. The number of hydrogen-bond acceptors (Lipinski definition) is 4. The van der Waals surface area contributed by atoms with E-state index in [2.05, 4.69) is 6.58 Å². The van der Waals surface area contributed by atoms with Gasteiger partial charge in [-0.1, -0.05) is 41.9 Å². The molecule has 2 rings (SSSR count). The van der Waals surface area contributed by atoms with Gasteiger partial charge in [-0.15, -0.1) is 0 Å². The fourth-order valence-electron chi connectivity index (χ4n) is 2.08. The van der Waals surface area contributed by atoms with Crippen molar-refractivity contribution in [1.82, 2.24) is 0 Å². The normalized spacial score (nSPS) is 11.0. The lowest BCUT2D eigenvalue weighted by molar-refractivity contribution is -0.110. The quantitative estimate of drug-likeness (QED) is 0.453. The van der Waals surface area contributed by atoms with Gasteiger partial charge in [0.1, 0.15) is 18.9 Å². The highest BCUT2D eigenvalue weighted by Gasteiger charge is 2.27. The van der Waals surface area contributed by atoms with Crippen molar-refractivity contribution >= 4 is 55.8 Å². The number of carbonyl (C=O) groups excluding carboxylic acids is 1. The minimum atomic E-state index is -4.12. The Kier molecular flexibility index (Phi) is 6.94. The molecule has 138 valence electrons. The van der Waals surface area contributed by atoms with Crippen LogP contribution in [-0.4, -0.2) is 26.8 Å². The molecule has 0 aliphatic carbocycles. The zero-order valence-corrected chi connectivity index (χ0v) is 16.4. The van der Waals surface area contributed by atoms with E-state index in [0.717, 1.165) is 4.31 Å². The van der Waals surface area contributed by atoms with E-state index in [1.807, 2.05) is 0 Å². The molecule has 9 heteroatoms. The lowest BCUT2D eigenvalue weighted by Gasteiger charge is -2.23. The SMILES string of the molecule is C=CCOc1cccc(N(CC(=O)Cl)S(=O)(=O)c2ccc(Cl)c(Cl)c2)c1. The van der Waals surface area contributed by atoms with Crippen molar-refractivity contribution in [1.29, 1.82) is 0 Å². The van der Waals surface area contributed by atoms with Crippen molar-refractivity contribution < 1.29 is 17.9 Å². The van der Waals surface area contributed by atoms with Gasteiger partial charge in [-0.2, -0.15) is 0 Å². The highest BCUT2D eigenvalue weighted by atomic mass is 35.5. The third-order valence-electron chi connectivity index (χ3n) is 3.22. The minimum absolute atomic E-state index is 0.0768. The maximum Gasteiger partial charge on any atom is 0.264 e. The molecule has 0 fully saturated rings. The molecule has 2 aromatic rings. The Morgan fingerprint density at radius 1 is 1.15 bits per heavy atom. The Balaban J connectivity index is 2.51. The van der Waals surface area contributed by atoms with E-state index < -0.39 is 21.8 Å². The molecule has 26 heavy (non-hydrogen) atoms. The molecule has 0 heterocycles. The zero-order chi connectivity index (χ0) is 19.3. The lowest BCUT2D eigenvalue weighted by Crippen LogP contribution is -2.34. The van der Waals surface area contributed by atoms with E-state index in [1.54, 1.807) is 18.2 Å². The first-order chi connectivity index (χ1) is 12.3. The molecule has 0 unspecified atom stereocenters. The second kappa shape index (κ2) is 8.77. The molecule has 0 bridgehead atoms. The summed E-state index contributed by atoms with van der Waals surface area (Å²) in [5, 5.41) is -0.551.